The van der Waals surface area contributed by atoms with Gasteiger partial charge in [-0.3, -0.25) is 0 Å². The van der Waals surface area contributed by atoms with Crippen molar-refractivity contribution in [1.29, 1.82) is 0 Å². The first-order chi connectivity index (χ1) is 9.25. The minimum absolute atomic E-state index is 0.185. The second kappa shape index (κ2) is 5.49. The lowest BCUT2D eigenvalue weighted by molar-refractivity contribution is 0.0540. The van der Waals surface area contributed by atoms with Gasteiger partial charge in [0.1, 0.15) is 0 Å². The van der Waals surface area contributed by atoms with Gasteiger partial charge in [-0.25, -0.2) is 0 Å². The van der Waals surface area contributed by atoms with Gasteiger partial charge in [-0.2, -0.15) is 0 Å². The van der Waals surface area contributed by atoms with Crippen LogP contribution >= 0.6 is 11.6 Å². The molecule has 0 bridgehead atoms. The average molecular weight is 277 g/mol. The van der Waals surface area contributed by atoms with Crippen LogP contribution in [0.15, 0.2) is 36.4 Å². The summed E-state index contributed by atoms with van der Waals surface area (Å²) in [4.78, 5) is 0. The molecule has 100 valence electrons. The van der Waals surface area contributed by atoms with Crippen LogP contribution in [0.4, 0.5) is 0 Å². The van der Waals surface area contributed by atoms with Crippen LogP contribution in [0.2, 0.25) is 5.02 Å². The van der Waals surface area contributed by atoms with E-state index in [0.29, 0.717) is 6.42 Å². The van der Waals surface area contributed by atoms with Gasteiger partial charge in [0.2, 0.25) is 0 Å². The summed E-state index contributed by atoms with van der Waals surface area (Å²) in [5.74, 6) is 0. The summed E-state index contributed by atoms with van der Waals surface area (Å²) in [6.45, 7) is 0.818. The molecule has 1 saturated heterocycles. The number of hydrogen-bond acceptors (Lipinski definition) is 2. The van der Waals surface area contributed by atoms with Crippen molar-refractivity contribution in [3.05, 3.63) is 47.0 Å². The smallest absolute Gasteiger partial charge is 0.0820 e. The molecule has 1 fully saturated rings. The lowest BCUT2D eigenvalue weighted by Crippen LogP contribution is -2.11. The second-order valence-electron chi connectivity index (χ2n) is 5.07. The van der Waals surface area contributed by atoms with E-state index >= 15 is 0 Å². The van der Waals surface area contributed by atoms with Crippen molar-refractivity contribution >= 4 is 22.4 Å². The molecule has 2 aromatic carbocycles. The first-order valence-electron chi connectivity index (χ1n) is 6.72. The maximum atomic E-state index is 10.4. The molecule has 1 heterocycles. The average Bonchev–Trinajstić information content (AvgIpc) is 2.92. The Balaban J connectivity index is 1.93. The molecule has 2 atom stereocenters. The molecule has 0 aromatic heterocycles. The molecular weight excluding hydrogens is 260 g/mol. The predicted molar refractivity (Wildman–Crippen MR) is 77.5 cm³/mol. The van der Waals surface area contributed by atoms with Crippen molar-refractivity contribution in [3.63, 3.8) is 0 Å². The summed E-state index contributed by atoms with van der Waals surface area (Å²) in [6, 6.07) is 11.7. The van der Waals surface area contributed by atoms with E-state index in [1.54, 1.807) is 0 Å². The van der Waals surface area contributed by atoms with Gasteiger partial charge >= 0.3 is 0 Å². The minimum atomic E-state index is -0.495. The third-order valence-electron chi connectivity index (χ3n) is 3.77. The molecule has 1 N–H and O–H groups in total. The molecule has 2 unspecified atom stereocenters. The molecule has 1 aliphatic rings. The van der Waals surface area contributed by atoms with Gasteiger partial charge in [0.25, 0.3) is 0 Å². The Bertz CT molecular complexity index is 576. The molecule has 3 rings (SSSR count). The van der Waals surface area contributed by atoms with Crippen LogP contribution in [0, 0.1) is 0 Å². The van der Waals surface area contributed by atoms with Crippen LogP contribution < -0.4 is 0 Å². The van der Waals surface area contributed by atoms with Gasteiger partial charge in [0.05, 0.1) is 12.2 Å². The second-order valence-corrected chi connectivity index (χ2v) is 5.48. The molecular formula is C16H17ClO2. The lowest BCUT2D eigenvalue weighted by Gasteiger charge is -2.17. The zero-order valence-corrected chi connectivity index (χ0v) is 11.4. The zero-order chi connectivity index (χ0) is 13.2. The SMILES string of the molecule is OC(CC1CCCO1)c1ccc(Cl)c2ccccc12. The Morgan fingerprint density at radius 3 is 2.74 bits per heavy atom. The number of halogens is 1. The predicted octanol–water partition coefficient (Wildman–Crippen LogP) is 4.10. The highest BCUT2D eigenvalue weighted by atomic mass is 35.5. The molecule has 0 amide bonds. The molecule has 0 aliphatic carbocycles. The molecule has 19 heavy (non-hydrogen) atoms. The third-order valence-corrected chi connectivity index (χ3v) is 4.10. The van der Waals surface area contributed by atoms with E-state index in [0.717, 1.165) is 40.8 Å². The number of aliphatic hydroxyl groups is 1. The van der Waals surface area contributed by atoms with Crippen molar-refractivity contribution in [2.75, 3.05) is 6.61 Å². The number of rotatable bonds is 3. The van der Waals surface area contributed by atoms with E-state index in [-0.39, 0.29) is 6.10 Å². The van der Waals surface area contributed by atoms with E-state index in [1.807, 2.05) is 36.4 Å². The number of aliphatic hydroxyl groups excluding tert-OH is 1. The summed E-state index contributed by atoms with van der Waals surface area (Å²) >= 11 is 6.20. The topological polar surface area (TPSA) is 29.5 Å². The normalized spacial score (nSPS) is 20.8. The van der Waals surface area contributed by atoms with Gasteiger partial charge < -0.3 is 9.84 Å². The summed E-state index contributed by atoms with van der Waals surface area (Å²) in [5, 5.41) is 13.2. The van der Waals surface area contributed by atoms with Gasteiger partial charge in [-0.15, -0.1) is 0 Å². The van der Waals surface area contributed by atoms with E-state index in [1.165, 1.54) is 0 Å². The number of benzene rings is 2. The Hall–Kier alpha value is -1.09. The Morgan fingerprint density at radius 2 is 2.00 bits per heavy atom. The Morgan fingerprint density at radius 1 is 1.21 bits per heavy atom. The first-order valence-corrected chi connectivity index (χ1v) is 7.10. The minimum Gasteiger partial charge on any atom is -0.388 e. The lowest BCUT2D eigenvalue weighted by atomic mass is 9.96. The van der Waals surface area contributed by atoms with Crippen LogP contribution in [0.1, 0.15) is 30.9 Å². The van der Waals surface area contributed by atoms with Crippen LogP contribution in [0.25, 0.3) is 10.8 Å². The molecule has 1 aliphatic heterocycles. The van der Waals surface area contributed by atoms with E-state index in [9.17, 15) is 5.11 Å². The highest BCUT2D eigenvalue weighted by molar-refractivity contribution is 6.35. The van der Waals surface area contributed by atoms with Crippen LogP contribution in [0.3, 0.4) is 0 Å². The van der Waals surface area contributed by atoms with Crippen LogP contribution in [-0.4, -0.2) is 17.8 Å². The van der Waals surface area contributed by atoms with Gasteiger partial charge in [-0.1, -0.05) is 41.9 Å². The van der Waals surface area contributed by atoms with Crippen molar-refractivity contribution < 1.29 is 9.84 Å². The fraction of sp³-hybridized carbons (Fsp3) is 0.375. The van der Waals surface area contributed by atoms with Gasteiger partial charge in [0, 0.05) is 23.4 Å². The van der Waals surface area contributed by atoms with Crippen LogP contribution in [0.5, 0.6) is 0 Å². The highest BCUT2D eigenvalue weighted by Gasteiger charge is 2.21. The number of fused-ring (bicyclic) bond motifs is 1. The van der Waals surface area contributed by atoms with E-state index in [2.05, 4.69) is 0 Å². The van der Waals surface area contributed by atoms with Crippen molar-refractivity contribution in [2.45, 2.75) is 31.5 Å². The fourth-order valence-electron chi connectivity index (χ4n) is 2.78. The van der Waals surface area contributed by atoms with E-state index < -0.39 is 6.10 Å². The first kappa shape index (κ1) is 12.9. The molecule has 2 nitrogen and oxygen atoms in total. The summed E-state index contributed by atoms with van der Waals surface area (Å²) in [5.41, 5.74) is 0.940. The zero-order valence-electron chi connectivity index (χ0n) is 10.7. The molecule has 2 aromatic rings. The maximum absolute atomic E-state index is 10.4. The van der Waals surface area contributed by atoms with Crippen molar-refractivity contribution in [1.82, 2.24) is 0 Å². The summed E-state index contributed by atoms with van der Waals surface area (Å²) < 4.78 is 5.59. The van der Waals surface area contributed by atoms with Gasteiger partial charge in [0.15, 0.2) is 0 Å². The third kappa shape index (κ3) is 2.62. The standard InChI is InChI=1S/C16H17ClO2/c17-15-8-7-14(12-5-1-2-6-13(12)15)16(18)10-11-4-3-9-19-11/h1-2,5-8,11,16,18H,3-4,9-10H2. The largest absolute Gasteiger partial charge is 0.388 e. The van der Waals surface area contributed by atoms with E-state index in [4.69, 9.17) is 16.3 Å². The number of hydrogen-bond donors (Lipinski definition) is 1. The highest BCUT2D eigenvalue weighted by Crippen LogP contribution is 2.33. The fourth-order valence-corrected chi connectivity index (χ4v) is 3.01. The number of ether oxygens (including phenoxy) is 1. The Kier molecular flexibility index (Phi) is 3.74. The molecule has 0 spiro atoms. The molecule has 0 radical (unpaired) electrons. The Labute approximate surface area is 118 Å². The molecule has 0 saturated carbocycles. The van der Waals surface area contributed by atoms with Crippen LogP contribution in [-0.2, 0) is 4.74 Å². The van der Waals surface area contributed by atoms with Gasteiger partial charge in [-0.05, 0) is 29.9 Å². The monoisotopic (exact) mass is 276 g/mol. The summed E-state index contributed by atoms with van der Waals surface area (Å²) in [7, 11) is 0. The van der Waals surface area contributed by atoms with Crippen molar-refractivity contribution in [2.24, 2.45) is 0 Å². The van der Waals surface area contributed by atoms with Crippen molar-refractivity contribution in [3.8, 4) is 0 Å². The molecule has 3 heteroatoms. The quantitative estimate of drug-likeness (QED) is 0.915. The maximum Gasteiger partial charge on any atom is 0.0820 e. The summed E-state index contributed by atoms with van der Waals surface area (Å²) in [6.07, 6.45) is 2.49.